The molecule has 0 radical (unpaired) electrons. The van der Waals surface area contributed by atoms with Crippen LogP contribution in [0, 0.1) is 17.1 Å². The molecule has 0 saturated heterocycles. The Morgan fingerprint density at radius 2 is 2.17 bits per heavy atom. The van der Waals surface area contributed by atoms with Gasteiger partial charge in [-0.15, -0.1) is 0 Å². The lowest BCUT2D eigenvalue weighted by Gasteiger charge is -2.25. The number of nitrogens with zero attached hydrogens (tertiary/aromatic N) is 1. The number of halogens is 3. The summed E-state index contributed by atoms with van der Waals surface area (Å²) in [7, 11) is 0. The van der Waals surface area contributed by atoms with Crippen molar-refractivity contribution in [3.8, 4) is 6.07 Å². The van der Waals surface area contributed by atoms with E-state index < -0.39 is 5.82 Å². The predicted molar refractivity (Wildman–Crippen MR) is 115 cm³/mol. The van der Waals surface area contributed by atoms with Crippen molar-refractivity contribution < 1.29 is 14.0 Å². The Kier molecular flexibility index (Phi) is 6.96. The zero-order valence-corrected chi connectivity index (χ0v) is 18.0. The molecule has 0 unspecified atom stereocenters. The first-order valence-corrected chi connectivity index (χ1v) is 10.6. The molecule has 0 bridgehead atoms. The average Bonchev–Trinajstić information content (AvgIpc) is 2.68. The van der Waals surface area contributed by atoms with Crippen LogP contribution in [0.2, 0.25) is 5.02 Å². The van der Waals surface area contributed by atoms with E-state index in [2.05, 4.69) is 32.6 Å². The maximum atomic E-state index is 13.2. The number of carbonyl (C=O) groups excluding carboxylic acids is 2. The molecule has 29 heavy (non-hydrogen) atoms. The Balaban J connectivity index is 1.75. The fourth-order valence-electron chi connectivity index (χ4n) is 2.85. The van der Waals surface area contributed by atoms with Gasteiger partial charge in [-0.3, -0.25) is 9.59 Å². The van der Waals surface area contributed by atoms with Crippen LogP contribution in [0.5, 0.6) is 0 Å². The van der Waals surface area contributed by atoms with Gasteiger partial charge in [-0.05, 0) is 35.9 Å². The maximum absolute atomic E-state index is 13.2. The van der Waals surface area contributed by atoms with Crippen LogP contribution in [-0.2, 0) is 9.59 Å². The first-order chi connectivity index (χ1) is 13.9. The number of benzene rings is 2. The average molecular weight is 495 g/mol. The summed E-state index contributed by atoms with van der Waals surface area (Å²) in [5.41, 5.74) is 1.61. The van der Waals surface area contributed by atoms with E-state index in [4.69, 9.17) is 11.6 Å². The Bertz CT molecular complexity index is 1050. The molecule has 0 fully saturated rings. The molecule has 1 atom stereocenters. The van der Waals surface area contributed by atoms with E-state index in [-0.39, 0.29) is 34.9 Å². The standard InChI is InChI=1S/C20H14BrClFN3O2S/c21-12-3-1-2-11(6-12)14-8-18(27)26-20(15(14)9-24)29-10-19(28)25-13-4-5-17(23)16(22)7-13/h1-7,14H,8,10H2,(H,25,28)(H,26,27)/t14-/m0/s1. The smallest absolute Gasteiger partial charge is 0.234 e. The van der Waals surface area contributed by atoms with Gasteiger partial charge in [0.05, 0.1) is 27.4 Å². The third-order valence-electron chi connectivity index (χ3n) is 4.16. The summed E-state index contributed by atoms with van der Waals surface area (Å²) in [6.45, 7) is 0. The minimum atomic E-state index is -0.577. The van der Waals surface area contributed by atoms with Crippen molar-refractivity contribution in [3.63, 3.8) is 0 Å². The highest BCUT2D eigenvalue weighted by molar-refractivity contribution is 9.10. The van der Waals surface area contributed by atoms with E-state index in [0.29, 0.717) is 16.3 Å². The van der Waals surface area contributed by atoms with Gasteiger partial charge in [-0.2, -0.15) is 5.26 Å². The number of rotatable bonds is 5. The highest BCUT2D eigenvalue weighted by Gasteiger charge is 2.30. The topological polar surface area (TPSA) is 82.0 Å². The van der Waals surface area contributed by atoms with Crippen molar-refractivity contribution in [3.05, 3.63) is 73.9 Å². The van der Waals surface area contributed by atoms with Crippen LogP contribution in [0.4, 0.5) is 10.1 Å². The van der Waals surface area contributed by atoms with Crippen molar-refractivity contribution in [1.29, 1.82) is 5.26 Å². The summed E-state index contributed by atoms with van der Waals surface area (Å²) >= 11 is 10.2. The number of allylic oxidation sites excluding steroid dienone is 1. The first kappa shape index (κ1) is 21.4. The van der Waals surface area contributed by atoms with Crippen LogP contribution in [-0.4, -0.2) is 17.6 Å². The van der Waals surface area contributed by atoms with E-state index in [1.165, 1.54) is 12.1 Å². The summed E-state index contributed by atoms with van der Waals surface area (Å²) in [4.78, 5) is 24.4. The van der Waals surface area contributed by atoms with E-state index >= 15 is 0 Å². The lowest BCUT2D eigenvalue weighted by molar-refractivity contribution is -0.121. The molecule has 0 aromatic heterocycles. The number of anilines is 1. The third-order valence-corrected chi connectivity index (χ3v) is 5.96. The number of nitrogens with one attached hydrogen (secondary N) is 2. The van der Waals surface area contributed by atoms with Crippen LogP contribution < -0.4 is 10.6 Å². The molecule has 2 N–H and O–H groups in total. The number of thioether (sulfide) groups is 1. The Labute approximate surface area is 184 Å². The Morgan fingerprint density at radius 3 is 2.86 bits per heavy atom. The quantitative estimate of drug-likeness (QED) is 0.616. The number of hydrogen-bond donors (Lipinski definition) is 2. The molecule has 2 aromatic carbocycles. The van der Waals surface area contributed by atoms with Gasteiger partial charge < -0.3 is 10.6 Å². The van der Waals surface area contributed by atoms with Gasteiger partial charge in [0.2, 0.25) is 11.8 Å². The Morgan fingerprint density at radius 1 is 1.38 bits per heavy atom. The summed E-state index contributed by atoms with van der Waals surface area (Å²) < 4.78 is 14.1. The molecule has 0 spiro atoms. The van der Waals surface area contributed by atoms with Gasteiger partial charge in [0, 0.05) is 22.5 Å². The van der Waals surface area contributed by atoms with Gasteiger partial charge >= 0.3 is 0 Å². The van der Waals surface area contributed by atoms with Crippen LogP contribution in [0.3, 0.4) is 0 Å². The molecule has 2 aromatic rings. The summed E-state index contributed by atoms with van der Waals surface area (Å²) in [5.74, 6) is -1.59. The zero-order chi connectivity index (χ0) is 21.0. The first-order valence-electron chi connectivity index (χ1n) is 8.44. The van der Waals surface area contributed by atoms with Gasteiger partial charge in [0.25, 0.3) is 0 Å². The SMILES string of the molecule is N#CC1=C(SCC(=O)Nc2ccc(F)c(Cl)c2)NC(=O)C[C@H]1c1cccc(Br)c1. The van der Waals surface area contributed by atoms with E-state index in [1.54, 1.807) is 0 Å². The number of amides is 2. The third kappa shape index (κ3) is 5.38. The van der Waals surface area contributed by atoms with Crippen molar-refractivity contribution in [1.82, 2.24) is 5.32 Å². The monoisotopic (exact) mass is 493 g/mol. The molecule has 148 valence electrons. The van der Waals surface area contributed by atoms with E-state index in [0.717, 1.165) is 27.9 Å². The Hall–Kier alpha value is -2.34. The molecule has 0 saturated carbocycles. The second kappa shape index (κ2) is 9.44. The number of nitriles is 1. The van der Waals surface area contributed by atoms with Crippen molar-refractivity contribution in [2.45, 2.75) is 12.3 Å². The summed E-state index contributed by atoms with van der Waals surface area (Å²) in [6.07, 6.45) is 0.156. The summed E-state index contributed by atoms with van der Waals surface area (Å²) in [5, 5.41) is 15.2. The van der Waals surface area contributed by atoms with E-state index in [1.807, 2.05) is 24.3 Å². The van der Waals surface area contributed by atoms with Crippen molar-refractivity contribution in [2.24, 2.45) is 0 Å². The fraction of sp³-hybridized carbons (Fsp3) is 0.150. The summed E-state index contributed by atoms with van der Waals surface area (Å²) in [6, 6.07) is 13.5. The van der Waals surface area contributed by atoms with Crippen molar-refractivity contribution >= 4 is 56.8 Å². The van der Waals surface area contributed by atoms with Gasteiger partial charge in [-0.25, -0.2) is 4.39 Å². The molecule has 1 heterocycles. The zero-order valence-electron chi connectivity index (χ0n) is 14.8. The highest BCUT2D eigenvalue weighted by atomic mass is 79.9. The fourth-order valence-corrected chi connectivity index (χ4v) is 4.32. The second-order valence-corrected chi connectivity index (χ2v) is 8.49. The molecule has 5 nitrogen and oxygen atoms in total. The molecular weight excluding hydrogens is 481 g/mol. The molecular formula is C20H14BrClFN3O2S. The molecule has 9 heteroatoms. The van der Waals surface area contributed by atoms with Crippen LogP contribution in [0.1, 0.15) is 17.9 Å². The molecule has 1 aliphatic heterocycles. The minimum Gasteiger partial charge on any atom is -0.325 e. The molecule has 2 amide bonds. The maximum Gasteiger partial charge on any atom is 0.234 e. The molecule has 3 rings (SSSR count). The normalized spacial score (nSPS) is 16.2. The van der Waals surface area contributed by atoms with Crippen LogP contribution >= 0.6 is 39.3 Å². The van der Waals surface area contributed by atoms with E-state index in [9.17, 15) is 19.2 Å². The lowest BCUT2D eigenvalue weighted by Crippen LogP contribution is -2.31. The van der Waals surface area contributed by atoms with Crippen molar-refractivity contribution in [2.75, 3.05) is 11.1 Å². The number of hydrogen-bond acceptors (Lipinski definition) is 4. The molecule has 0 aliphatic carbocycles. The number of carbonyl (C=O) groups is 2. The second-order valence-electron chi connectivity index (χ2n) is 6.18. The van der Waals surface area contributed by atoms with Gasteiger partial charge in [0.15, 0.2) is 0 Å². The van der Waals surface area contributed by atoms with Gasteiger partial charge in [-0.1, -0.05) is 51.4 Å². The molecule has 1 aliphatic rings. The highest BCUT2D eigenvalue weighted by Crippen LogP contribution is 2.36. The van der Waals surface area contributed by atoms with Gasteiger partial charge in [0.1, 0.15) is 5.82 Å². The van der Waals surface area contributed by atoms with Crippen LogP contribution in [0.25, 0.3) is 0 Å². The predicted octanol–water partition coefficient (Wildman–Crippen LogP) is 4.95. The lowest BCUT2D eigenvalue weighted by atomic mass is 9.87. The largest absolute Gasteiger partial charge is 0.325 e. The minimum absolute atomic E-state index is 0.0407. The van der Waals surface area contributed by atoms with Crippen LogP contribution in [0.15, 0.2) is 57.5 Å².